The first-order valence-electron chi connectivity index (χ1n) is 8.63. The van der Waals surface area contributed by atoms with Gasteiger partial charge in [-0.05, 0) is 42.1 Å². The van der Waals surface area contributed by atoms with Gasteiger partial charge in [0.05, 0.1) is 18.8 Å². The first kappa shape index (κ1) is 19.5. The van der Waals surface area contributed by atoms with Crippen molar-refractivity contribution in [2.24, 2.45) is 0 Å². The number of carbonyl (C=O) groups excluding carboxylic acids is 2. The molecule has 0 aliphatic carbocycles. The predicted octanol–water partition coefficient (Wildman–Crippen LogP) is 3.36. The predicted molar refractivity (Wildman–Crippen MR) is 104 cm³/mol. The Hall–Kier alpha value is -3.31. The number of nitrogens with one attached hydrogen (secondary N) is 1. The van der Waals surface area contributed by atoms with Crippen LogP contribution in [0.1, 0.15) is 24.5 Å². The van der Waals surface area contributed by atoms with Crippen molar-refractivity contribution in [1.29, 1.82) is 5.26 Å². The van der Waals surface area contributed by atoms with E-state index in [4.69, 9.17) is 19.5 Å². The highest BCUT2D eigenvalue weighted by atomic mass is 32.1. The van der Waals surface area contributed by atoms with E-state index in [1.165, 1.54) is 24.3 Å². The van der Waals surface area contributed by atoms with Gasteiger partial charge in [-0.2, -0.15) is 5.26 Å². The van der Waals surface area contributed by atoms with Gasteiger partial charge in [0, 0.05) is 12.5 Å². The normalized spacial score (nSPS) is 14.0. The third kappa shape index (κ3) is 4.90. The zero-order chi connectivity index (χ0) is 19.9. The number of nitrogens with zero attached hydrogens (tertiary/aromatic N) is 1. The number of fused-ring (bicyclic) bond motifs is 1. The molecule has 0 unspecified atom stereocenters. The zero-order valence-corrected chi connectivity index (χ0v) is 16.0. The summed E-state index contributed by atoms with van der Waals surface area (Å²) in [6.07, 6.45) is 2.63. The molecule has 3 rings (SSSR count). The molecule has 28 heavy (non-hydrogen) atoms. The quantitative estimate of drug-likeness (QED) is 0.613. The molecule has 144 valence electrons. The highest BCUT2D eigenvalue weighted by Gasteiger charge is 2.18. The second-order valence-corrected chi connectivity index (χ2v) is 6.85. The average molecular weight is 398 g/mol. The number of hydrogen-bond acceptors (Lipinski definition) is 7. The summed E-state index contributed by atoms with van der Waals surface area (Å²) in [7, 11) is 0. The summed E-state index contributed by atoms with van der Waals surface area (Å²) >= 11 is 1.23. The van der Waals surface area contributed by atoms with Gasteiger partial charge in [0.15, 0.2) is 17.6 Å². The van der Waals surface area contributed by atoms with Crippen LogP contribution in [0.3, 0.4) is 0 Å². The summed E-state index contributed by atoms with van der Waals surface area (Å²) in [4.78, 5) is 24.1. The van der Waals surface area contributed by atoms with Crippen molar-refractivity contribution < 1.29 is 23.8 Å². The molecule has 1 amide bonds. The molecule has 1 aromatic carbocycles. The summed E-state index contributed by atoms with van der Waals surface area (Å²) < 4.78 is 16.3. The molecular formula is C20H18N2O5S. The Morgan fingerprint density at radius 1 is 1.29 bits per heavy atom. The van der Waals surface area contributed by atoms with Gasteiger partial charge >= 0.3 is 5.97 Å². The van der Waals surface area contributed by atoms with Gasteiger partial charge in [0.1, 0.15) is 11.1 Å². The van der Waals surface area contributed by atoms with Crippen LogP contribution in [0.15, 0.2) is 35.7 Å². The first-order valence-corrected chi connectivity index (χ1v) is 9.51. The fourth-order valence-corrected chi connectivity index (χ4v) is 3.16. The van der Waals surface area contributed by atoms with Crippen LogP contribution in [0.5, 0.6) is 11.5 Å². The summed E-state index contributed by atoms with van der Waals surface area (Å²) in [6.45, 7) is 2.65. The van der Waals surface area contributed by atoms with Crippen molar-refractivity contribution in [2.75, 3.05) is 18.5 Å². The molecule has 2 heterocycles. The molecule has 7 nitrogen and oxygen atoms in total. The number of ether oxygens (including phenoxy) is 3. The zero-order valence-electron chi connectivity index (χ0n) is 15.1. The van der Waals surface area contributed by atoms with E-state index in [1.807, 2.05) is 6.07 Å². The molecule has 0 fully saturated rings. The topological polar surface area (TPSA) is 97.7 Å². The summed E-state index contributed by atoms with van der Waals surface area (Å²) in [6, 6.07) is 8.95. The molecule has 1 atom stereocenters. The fourth-order valence-electron chi connectivity index (χ4n) is 2.42. The minimum Gasteiger partial charge on any atom is -0.490 e. The van der Waals surface area contributed by atoms with Crippen molar-refractivity contribution >= 4 is 34.3 Å². The summed E-state index contributed by atoms with van der Waals surface area (Å²) in [5.41, 5.74) is 1.11. The van der Waals surface area contributed by atoms with E-state index in [1.54, 1.807) is 35.7 Å². The molecule has 8 heteroatoms. The Kier molecular flexibility index (Phi) is 6.29. The number of anilines is 1. The summed E-state index contributed by atoms with van der Waals surface area (Å²) in [5, 5.41) is 13.7. The number of esters is 1. The van der Waals surface area contributed by atoms with Crippen LogP contribution in [0.25, 0.3) is 6.08 Å². The highest BCUT2D eigenvalue weighted by Crippen LogP contribution is 2.30. The van der Waals surface area contributed by atoms with Crippen LogP contribution in [0.4, 0.5) is 5.00 Å². The minimum atomic E-state index is -1.01. The van der Waals surface area contributed by atoms with E-state index in [2.05, 4.69) is 5.32 Å². The number of nitriles is 1. The molecule has 1 aliphatic rings. The van der Waals surface area contributed by atoms with Crippen molar-refractivity contribution in [3.8, 4) is 17.6 Å². The molecule has 1 aliphatic heterocycles. The van der Waals surface area contributed by atoms with Crippen LogP contribution in [-0.2, 0) is 14.3 Å². The number of benzene rings is 1. The van der Waals surface area contributed by atoms with E-state index in [-0.39, 0.29) is 0 Å². The second-order valence-electron chi connectivity index (χ2n) is 5.93. The van der Waals surface area contributed by atoms with Gasteiger partial charge in [-0.25, -0.2) is 4.79 Å². The Bertz CT molecular complexity index is 944. The van der Waals surface area contributed by atoms with Gasteiger partial charge in [0.25, 0.3) is 5.91 Å². The van der Waals surface area contributed by atoms with Crippen LogP contribution >= 0.6 is 11.3 Å². The lowest BCUT2D eigenvalue weighted by atomic mass is 10.2. The molecule has 0 spiro atoms. The van der Waals surface area contributed by atoms with Gasteiger partial charge in [-0.15, -0.1) is 11.3 Å². The maximum absolute atomic E-state index is 12.1. The third-order valence-electron chi connectivity index (χ3n) is 3.87. The lowest BCUT2D eigenvalue weighted by molar-refractivity contribution is -0.148. The lowest BCUT2D eigenvalue weighted by Gasteiger charge is -2.11. The van der Waals surface area contributed by atoms with E-state index in [9.17, 15) is 9.59 Å². The monoisotopic (exact) mass is 398 g/mol. The smallest absolute Gasteiger partial charge is 0.331 e. The Balaban J connectivity index is 1.56. The molecular weight excluding hydrogens is 380 g/mol. The van der Waals surface area contributed by atoms with E-state index in [0.29, 0.717) is 35.3 Å². The molecule has 0 saturated carbocycles. The SMILES string of the molecule is C[C@@H](OC(=O)/C=C/c1ccc2c(c1)OCCCO2)C(=O)Nc1sccc1C#N. The molecule has 1 N–H and O–H groups in total. The first-order chi connectivity index (χ1) is 13.6. The number of carbonyl (C=O) groups is 2. The molecule has 0 bridgehead atoms. The molecule has 0 saturated heterocycles. The number of thiophene rings is 1. The van der Waals surface area contributed by atoms with Crippen LogP contribution in [0.2, 0.25) is 0 Å². The van der Waals surface area contributed by atoms with Crippen molar-refractivity contribution in [2.45, 2.75) is 19.4 Å². The highest BCUT2D eigenvalue weighted by molar-refractivity contribution is 7.14. The summed E-state index contributed by atoms with van der Waals surface area (Å²) in [5.74, 6) is 0.149. The maximum Gasteiger partial charge on any atom is 0.331 e. The maximum atomic E-state index is 12.1. The molecule has 2 aromatic rings. The van der Waals surface area contributed by atoms with Crippen molar-refractivity contribution in [1.82, 2.24) is 0 Å². The van der Waals surface area contributed by atoms with Gasteiger partial charge in [-0.3, -0.25) is 4.79 Å². The molecule has 1 aromatic heterocycles. The number of amides is 1. The minimum absolute atomic E-state index is 0.367. The Labute approximate surface area is 166 Å². The average Bonchev–Trinajstić information content (AvgIpc) is 3.00. The standard InChI is InChI=1S/C20H18N2O5S/c1-13(19(24)22-20-15(12-21)7-10-28-20)27-18(23)6-4-14-3-5-16-17(11-14)26-9-2-8-25-16/h3-7,10-11,13H,2,8-9H2,1H3,(H,22,24)/b6-4+/t13-/m1/s1. The third-order valence-corrected chi connectivity index (χ3v) is 4.70. The van der Waals surface area contributed by atoms with Crippen LogP contribution in [0, 0.1) is 11.3 Å². The van der Waals surface area contributed by atoms with E-state index >= 15 is 0 Å². The number of hydrogen-bond donors (Lipinski definition) is 1. The van der Waals surface area contributed by atoms with Gasteiger partial charge < -0.3 is 19.5 Å². The number of rotatable bonds is 5. The van der Waals surface area contributed by atoms with Gasteiger partial charge in [-0.1, -0.05) is 6.07 Å². The van der Waals surface area contributed by atoms with Crippen molar-refractivity contribution in [3.05, 3.63) is 46.8 Å². The van der Waals surface area contributed by atoms with Crippen LogP contribution in [-0.4, -0.2) is 31.2 Å². The Morgan fingerprint density at radius 3 is 2.86 bits per heavy atom. The lowest BCUT2D eigenvalue weighted by Crippen LogP contribution is -2.29. The van der Waals surface area contributed by atoms with Crippen molar-refractivity contribution in [3.63, 3.8) is 0 Å². The second kappa shape index (κ2) is 9.06. The van der Waals surface area contributed by atoms with Crippen LogP contribution < -0.4 is 14.8 Å². The van der Waals surface area contributed by atoms with Gasteiger partial charge in [0.2, 0.25) is 0 Å². The van der Waals surface area contributed by atoms with E-state index in [0.717, 1.165) is 12.0 Å². The largest absolute Gasteiger partial charge is 0.490 e. The fraction of sp³-hybridized carbons (Fsp3) is 0.250. The Morgan fingerprint density at radius 2 is 2.07 bits per heavy atom. The molecule has 0 radical (unpaired) electrons. The van der Waals surface area contributed by atoms with E-state index < -0.39 is 18.0 Å².